The van der Waals surface area contributed by atoms with Gasteiger partial charge in [-0.25, -0.2) is 4.79 Å². The standard InChI is InChI=1S/C19H19NO3.C2H4O.C2H6/c1-13(21)20-11-3-4-17-12-16(9-10-18(17)20)14-5-7-15(8-6-14)19(22)23-2;1-2-3;1-2/h5-10,12H,3-4,11H2,1-2H3;2H,1H3;1-2H3. The number of carbonyl (C=O) groups is 3. The maximum atomic E-state index is 11.7. The topological polar surface area (TPSA) is 63.7 Å². The van der Waals surface area contributed by atoms with Crippen molar-refractivity contribution < 1.29 is 19.1 Å². The summed E-state index contributed by atoms with van der Waals surface area (Å²) in [5.74, 6) is -0.250. The lowest BCUT2D eigenvalue weighted by atomic mass is 9.95. The van der Waals surface area contributed by atoms with Crippen molar-refractivity contribution in [2.45, 2.75) is 40.5 Å². The number of nitrogens with zero attached hydrogens (tertiary/aromatic N) is 1. The van der Waals surface area contributed by atoms with E-state index in [-0.39, 0.29) is 11.9 Å². The third kappa shape index (κ3) is 5.78. The molecule has 1 heterocycles. The van der Waals surface area contributed by atoms with Crippen molar-refractivity contribution in [1.82, 2.24) is 0 Å². The average molecular weight is 383 g/mol. The Bertz CT molecular complexity index is 797. The largest absolute Gasteiger partial charge is 0.465 e. The third-order valence-electron chi connectivity index (χ3n) is 4.22. The van der Waals surface area contributed by atoms with E-state index in [9.17, 15) is 9.59 Å². The molecule has 1 aliphatic rings. The van der Waals surface area contributed by atoms with Crippen molar-refractivity contribution in [2.75, 3.05) is 18.6 Å². The molecule has 0 unspecified atom stereocenters. The van der Waals surface area contributed by atoms with Gasteiger partial charge >= 0.3 is 5.97 Å². The summed E-state index contributed by atoms with van der Waals surface area (Å²) in [5.41, 5.74) is 4.88. The number of rotatable bonds is 2. The lowest BCUT2D eigenvalue weighted by Gasteiger charge is -2.29. The molecule has 2 aromatic rings. The van der Waals surface area contributed by atoms with E-state index in [1.165, 1.54) is 19.6 Å². The molecule has 0 radical (unpaired) electrons. The molecule has 5 heteroatoms. The fraction of sp³-hybridized carbons (Fsp3) is 0.348. The van der Waals surface area contributed by atoms with E-state index in [1.807, 2.05) is 43.0 Å². The van der Waals surface area contributed by atoms with Crippen LogP contribution < -0.4 is 4.90 Å². The van der Waals surface area contributed by atoms with Crippen molar-refractivity contribution >= 4 is 23.9 Å². The Morgan fingerprint density at radius 1 is 1.04 bits per heavy atom. The van der Waals surface area contributed by atoms with Gasteiger partial charge in [0, 0.05) is 19.2 Å². The maximum Gasteiger partial charge on any atom is 0.337 e. The fourth-order valence-electron chi connectivity index (χ4n) is 3.02. The second kappa shape index (κ2) is 11.7. The molecule has 5 nitrogen and oxygen atoms in total. The first-order valence-corrected chi connectivity index (χ1v) is 9.51. The summed E-state index contributed by atoms with van der Waals surface area (Å²) in [5, 5.41) is 0. The van der Waals surface area contributed by atoms with Crippen molar-refractivity contribution in [3.63, 3.8) is 0 Å². The molecule has 0 bridgehead atoms. The van der Waals surface area contributed by atoms with Crippen LogP contribution >= 0.6 is 0 Å². The molecule has 0 N–H and O–H groups in total. The Labute approximate surface area is 167 Å². The Morgan fingerprint density at radius 2 is 1.61 bits per heavy atom. The Balaban J connectivity index is 0.000000717. The van der Waals surface area contributed by atoms with Crippen LogP contribution in [0.15, 0.2) is 42.5 Å². The smallest absolute Gasteiger partial charge is 0.337 e. The monoisotopic (exact) mass is 383 g/mol. The molecule has 0 atom stereocenters. The van der Waals surface area contributed by atoms with Crippen LogP contribution in [0.5, 0.6) is 0 Å². The first kappa shape index (κ1) is 23.1. The van der Waals surface area contributed by atoms with Crippen LogP contribution in [0.3, 0.4) is 0 Å². The predicted molar refractivity (Wildman–Crippen MR) is 113 cm³/mol. The lowest BCUT2D eigenvalue weighted by molar-refractivity contribution is -0.116. The van der Waals surface area contributed by atoms with Gasteiger partial charge in [-0.05, 0) is 60.7 Å². The highest BCUT2D eigenvalue weighted by Gasteiger charge is 2.20. The molecule has 150 valence electrons. The summed E-state index contributed by atoms with van der Waals surface area (Å²) in [6, 6.07) is 13.5. The average Bonchev–Trinajstić information content (AvgIpc) is 2.74. The minimum Gasteiger partial charge on any atom is -0.465 e. The van der Waals surface area contributed by atoms with Gasteiger partial charge in [0.25, 0.3) is 0 Å². The molecule has 0 saturated carbocycles. The van der Waals surface area contributed by atoms with Crippen LogP contribution in [-0.4, -0.2) is 31.8 Å². The number of anilines is 1. The lowest BCUT2D eigenvalue weighted by Crippen LogP contribution is -2.33. The molecule has 1 amide bonds. The minimum atomic E-state index is -0.334. The second-order valence-corrected chi connectivity index (χ2v) is 5.92. The van der Waals surface area contributed by atoms with Crippen LogP contribution in [-0.2, 0) is 20.7 Å². The molecule has 2 aromatic carbocycles. The summed E-state index contributed by atoms with van der Waals surface area (Å²) >= 11 is 0. The van der Waals surface area contributed by atoms with Gasteiger partial charge in [0.1, 0.15) is 6.29 Å². The van der Waals surface area contributed by atoms with Crippen molar-refractivity contribution in [3.8, 4) is 11.1 Å². The number of aryl methyl sites for hydroxylation is 1. The normalized spacial score (nSPS) is 11.7. The third-order valence-corrected chi connectivity index (χ3v) is 4.22. The molecular weight excluding hydrogens is 354 g/mol. The highest BCUT2D eigenvalue weighted by Crippen LogP contribution is 2.31. The van der Waals surface area contributed by atoms with Crippen LogP contribution in [0.4, 0.5) is 5.69 Å². The molecular formula is C23H29NO4. The number of carbonyl (C=O) groups excluding carboxylic acids is 3. The predicted octanol–water partition coefficient (Wildman–Crippen LogP) is 4.67. The maximum absolute atomic E-state index is 11.7. The highest BCUT2D eigenvalue weighted by molar-refractivity contribution is 5.93. The first-order valence-electron chi connectivity index (χ1n) is 9.51. The van der Waals surface area contributed by atoms with E-state index in [1.54, 1.807) is 19.1 Å². The second-order valence-electron chi connectivity index (χ2n) is 5.92. The van der Waals surface area contributed by atoms with Crippen molar-refractivity contribution in [2.24, 2.45) is 0 Å². The van der Waals surface area contributed by atoms with Gasteiger partial charge < -0.3 is 14.4 Å². The Hall–Kier alpha value is -2.95. The number of fused-ring (bicyclic) bond motifs is 1. The fourth-order valence-corrected chi connectivity index (χ4v) is 3.02. The zero-order chi connectivity index (χ0) is 21.1. The molecule has 0 spiro atoms. The highest BCUT2D eigenvalue weighted by atomic mass is 16.5. The van der Waals surface area contributed by atoms with E-state index in [4.69, 9.17) is 9.53 Å². The summed E-state index contributed by atoms with van der Waals surface area (Å²) in [6.07, 6.45) is 2.71. The van der Waals surface area contributed by atoms with E-state index in [0.717, 1.165) is 42.5 Å². The number of hydrogen-bond donors (Lipinski definition) is 0. The quantitative estimate of drug-likeness (QED) is 0.558. The van der Waals surface area contributed by atoms with Crippen molar-refractivity contribution in [1.29, 1.82) is 0 Å². The van der Waals surface area contributed by atoms with Gasteiger partial charge in [0.2, 0.25) is 5.91 Å². The van der Waals surface area contributed by atoms with E-state index in [0.29, 0.717) is 5.56 Å². The number of hydrogen-bond acceptors (Lipinski definition) is 4. The SMILES string of the molecule is CC.CC=O.COC(=O)c1ccc(-c2ccc3c(c2)CCCN3C(C)=O)cc1. The molecule has 0 aromatic heterocycles. The summed E-state index contributed by atoms with van der Waals surface area (Å²) in [4.78, 5) is 33.9. The summed E-state index contributed by atoms with van der Waals surface area (Å²) in [7, 11) is 1.38. The van der Waals surface area contributed by atoms with E-state index in [2.05, 4.69) is 6.07 Å². The number of methoxy groups -OCH3 is 1. The summed E-state index contributed by atoms with van der Waals surface area (Å²) < 4.78 is 4.71. The minimum absolute atomic E-state index is 0.0844. The number of ether oxygens (including phenoxy) is 1. The van der Waals surface area contributed by atoms with Crippen LogP contribution in [0.2, 0.25) is 0 Å². The number of aldehydes is 1. The van der Waals surface area contributed by atoms with Crippen molar-refractivity contribution in [3.05, 3.63) is 53.6 Å². The molecule has 1 aliphatic heterocycles. The van der Waals surface area contributed by atoms with Gasteiger partial charge in [-0.2, -0.15) is 0 Å². The summed E-state index contributed by atoms with van der Waals surface area (Å²) in [6.45, 7) is 7.84. The van der Waals surface area contributed by atoms with Gasteiger partial charge in [-0.1, -0.05) is 32.0 Å². The molecule has 28 heavy (non-hydrogen) atoms. The zero-order valence-corrected chi connectivity index (χ0v) is 17.3. The van der Waals surface area contributed by atoms with E-state index < -0.39 is 0 Å². The first-order chi connectivity index (χ1) is 13.5. The molecule has 0 saturated heterocycles. The van der Waals surface area contributed by atoms with Crippen LogP contribution in [0.25, 0.3) is 11.1 Å². The van der Waals surface area contributed by atoms with Gasteiger partial charge in [0.15, 0.2) is 0 Å². The molecule has 0 aliphatic carbocycles. The number of amides is 1. The van der Waals surface area contributed by atoms with Gasteiger partial charge in [0.05, 0.1) is 12.7 Å². The van der Waals surface area contributed by atoms with Gasteiger partial charge in [-0.15, -0.1) is 0 Å². The Kier molecular flexibility index (Phi) is 9.65. The van der Waals surface area contributed by atoms with Gasteiger partial charge in [-0.3, -0.25) is 4.79 Å². The zero-order valence-electron chi connectivity index (χ0n) is 17.3. The van der Waals surface area contributed by atoms with Crippen LogP contribution in [0.1, 0.15) is 50.0 Å². The number of esters is 1. The number of benzene rings is 2. The molecule has 0 fully saturated rings. The van der Waals surface area contributed by atoms with Crippen LogP contribution in [0, 0.1) is 0 Å². The van der Waals surface area contributed by atoms with E-state index >= 15 is 0 Å². The molecule has 3 rings (SSSR count). The Morgan fingerprint density at radius 3 is 2.14 bits per heavy atom.